The number of hydrogen-bond donors (Lipinski definition) is 0. The molecule has 0 amide bonds. The van der Waals surface area contributed by atoms with Crippen LogP contribution < -0.4 is 0 Å². The second kappa shape index (κ2) is 5.35. The lowest BCUT2D eigenvalue weighted by Gasteiger charge is -2.02. The largest absolute Gasteiger partial charge is 0.234 e. The summed E-state index contributed by atoms with van der Waals surface area (Å²) < 4.78 is 1.86. The molecule has 2 aromatic heterocycles. The van der Waals surface area contributed by atoms with Crippen molar-refractivity contribution < 1.29 is 0 Å². The molecule has 0 aliphatic rings. The molecule has 0 N–H and O–H groups in total. The van der Waals surface area contributed by atoms with Gasteiger partial charge in [-0.05, 0) is 18.1 Å². The zero-order chi connectivity index (χ0) is 14.9. The predicted molar refractivity (Wildman–Crippen MR) is 88.1 cm³/mol. The number of rotatable bonds is 3. The van der Waals surface area contributed by atoms with Crippen LogP contribution in [0.1, 0.15) is 17.0 Å². The number of benzene rings is 2. The summed E-state index contributed by atoms with van der Waals surface area (Å²) in [5.74, 6) is 0.878. The molecule has 0 saturated carbocycles. The summed E-state index contributed by atoms with van der Waals surface area (Å²) in [6, 6.07) is 18.5. The first-order valence-electron chi connectivity index (χ1n) is 7.12. The van der Waals surface area contributed by atoms with Crippen molar-refractivity contribution in [2.45, 2.75) is 13.3 Å². The van der Waals surface area contributed by atoms with Gasteiger partial charge in [-0.1, -0.05) is 65.9 Å². The van der Waals surface area contributed by atoms with Gasteiger partial charge in [-0.3, -0.25) is 0 Å². The van der Waals surface area contributed by atoms with Crippen LogP contribution in [0, 0.1) is 6.92 Å². The lowest BCUT2D eigenvalue weighted by molar-refractivity contribution is 0.851. The van der Waals surface area contributed by atoms with Crippen molar-refractivity contribution in [2.75, 3.05) is 0 Å². The molecule has 0 saturated heterocycles. The Morgan fingerprint density at radius 2 is 1.73 bits per heavy atom. The van der Waals surface area contributed by atoms with Crippen LogP contribution in [0.3, 0.4) is 0 Å². The van der Waals surface area contributed by atoms with E-state index < -0.39 is 0 Å². The number of fused-ring (bicyclic) bond motifs is 1. The summed E-state index contributed by atoms with van der Waals surface area (Å²) in [6.07, 6.45) is 0.742. The Labute approximate surface area is 132 Å². The molecule has 0 spiro atoms. The monoisotopic (exact) mass is 306 g/mol. The van der Waals surface area contributed by atoms with Gasteiger partial charge in [0, 0.05) is 12.0 Å². The van der Waals surface area contributed by atoms with E-state index in [0.29, 0.717) is 0 Å². The van der Waals surface area contributed by atoms with Crippen LogP contribution in [0.15, 0.2) is 54.6 Å². The maximum Gasteiger partial charge on any atom is 0.234 e. The molecule has 4 rings (SSSR count). The SMILES string of the molecule is Cc1ccccc1Cc1nnc2sc(-c3ccccc3)nn12. The molecule has 4 nitrogen and oxygen atoms in total. The van der Waals surface area contributed by atoms with E-state index in [9.17, 15) is 0 Å². The van der Waals surface area contributed by atoms with Crippen LogP contribution >= 0.6 is 11.3 Å². The molecular formula is C17H14N4S. The highest BCUT2D eigenvalue weighted by atomic mass is 32.1. The van der Waals surface area contributed by atoms with Crippen molar-refractivity contribution in [1.82, 2.24) is 19.8 Å². The third-order valence-corrected chi connectivity index (χ3v) is 4.63. The van der Waals surface area contributed by atoms with Gasteiger partial charge in [0.15, 0.2) is 5.82 Å². The van der Waals surface area contributed by atoms with Gasteiger partial charge in [0.25, 0.3) is 0 Å². The second-order valence-corrected chi connectivity index (χ2v) is 6.14. The molecule has 0 fully saturated rings. The Morgan fingerprint density at radius 1 is 0.955 bits per heavy atom. The van der Waals surface area contributed by atoms with Gasteiger partial charge in [0.1, 0.15) is 5.01 Å². The average Bonchev–Trinajstić information content (AvgIpc) is 3.12. The Balaban J connectivity index is 1.74. The van der Waals surface area contributed by atoms with E-state index >= 15 is 0 Å². The van der Waals surface area contributed by atoms with Crippen LogP contribution in [-0.2, 0) is 6.42 Å². The molecule has 2 heterocycles. The minimum absolute atomic E-state index is 0.742. The fraction of sp³-hybridized carbons (Fsp3) is 0.118. The maximum atomic E-state index is 4.68. The van der Waals surface area contributed by atoms with Gasteiger partial charge in [-0.2, -0.15) is 9.61 Å². The predicted octanol–water partition coefficient (Wildman–Crippen LogP) is 3.75. The van der Waals surface area contributed by atoms with E-state index in [2.05, 4.69) is 58.6 Å². The highest BCUT2D eigenvalue weighted by molar-refractivity contribution is 7.19. The van der Waals surface area contributed by atoms with Crippen LogP contribution in [0.25, 0.3) is 15.5 Å². The highest BCUT2D eigenvalue weighted by Crippen LogP contribution is 2.25. The highest BCUT2D eigenvalue weighted by Gasteiger charge is 2.13. The standard InChI is InChI=1S/C17H14N4S/c1-12-7-5-6-10-14(12)11-15-18-19-17-21(15)20-16(22-17)13-8-3-2-4-9-13/h2-10H,11H2,1H3. The lowest BCUT2D eigenvalue weighted by atomic mass is 10.1. The third-order valence-electron chi connectivity index (χ3n) is 3.69. The summed E-state index contributed by atoms with van der Waals surface area (Å²) in [4.78, 5) is 0.836. The van der Waals surface area contributed by atoms with Crippen LogP contribution in [0.5, 0.6) is 0 Å². The molecule has 0 unspecified atom stereocenters. The third kappa shape index (κ3) is 2.29. The van der Waals surface area contributed by atoms with Gasteiger partial charge in [0.2, 0.25) is 4.96 Å². The first-order chi connectivity index (χ1) is 10.8. The van der Waals surface area contributed by atoms with E-state index in [1.807, 2.05) is 22.7 Å². The zero-order valence-corrected chi connectivity index (χ0v) is 12.9. The molecule has 108 valence electrons. The minimum Gasteiger partial charge on any atom is -0.187 e. The van der Waals surface area contributed by atoms with Crippen molar-refractivity contribution in [3.63, 3.8) is 0 Å². The minimum atomic E-state index is 0.742. The molecule has 0 atom stereocenters. The van der Waals surface area contributed by atoms with Gasteiger partial charge in [-0.15, -0.1) is 10.2 Å². The van der Waals surface area contributed by atoms with Gasteiger partial charge < -0.3 is 0 Å². The summed E-state index contributed by atoms with van der Waals surface area (Å²) >= 11 is 1.56. The number of aromatic nitrogens is 4. The van der Waals surface area contributed by atoms with Crippen molar-refractivity contribution in [3.8, 4) is 10.6 Å². The van der Waals surface area contributed by atoms with E-state index in [1.165, 1.54) is 11.1 Å². The average molecular weight is 306 g/mol. The molecule has 22 heavy (non-hydrogen) atoms. The fourth-order valence-electron chi connectivity index (χ4n) is 2.44. The van der Waals surface area contributed by atoms with Crippen molar-refractivity contribution in [1.29, 1.82) is 0 Å². The van der Waals surface area contributed by atoms with E-state index in [4.69, 9.17) is 0 Å². The topological polar surface area (TPSA) is 43.1 Å². The molecule has 0 aliphatic carbocycles. The van der Waals surface area contributed by atoms with E-state index in [0.717, 1.165) is 27.8 Å². The van der Waals surface area contributed by atoms with Crippen LogP contribution in [0.2, 0.25) is 0 Å². The summed E-state index contributed by atoms with van der Waals surface area (Å²) in [5, 5.41) is 14.2. The van der Waals surface area contributed by atoms with Gasteiger partial charge in [0.05, 0.1) is 0 Å². The van der Waals surface area contributed by atoms with Crippen LogP contribution in [0.4, 0.5) is 0 Å². The first kappa shape index (κ1) is 13.2. The van der Waals surface area contributed by atoms with Crippen molar-refractivity contribution in [2.24, 2.45) is 0 Å². The Bertz CT molecular complexity index is 924. The molecule has 2 aromatic carbocycles. The van der Waals surface area contributed by atoms with Gasteiger partial charge in [-0.25, -0.2) is 0 Å². The van der Waals surface area contributed by atoms with E-state index in [-0.39, 0.29) is 0 Å². The first-order valence-corrected chi connectivity index (χ1v) is 7.94. The quantitative estimate of drug-likeness (QED) is 0.579. The Hall–Kier alpha value is -2.53. The summed E-state index contributed by atoms with van der Waals surface area (Å²) in [6.45, 7) is 2.12. The Kier molecular flexibility index (Phi) is 3.20. The maximum absolute atomic E-state index is 4.68. The summed E-state index contributed by atoms with van der Waals surface area (Å²) in [7, 11) is 0. The van der Waals surface area contributed by atoms with Crippen molar-refractivity contribution >= 4 is 16.3 Å². The molecule has 0 bridgehead atoms. The summed E-state index contributed by atoms with van der Waals surface area (Å²) in [5.41, 5.74) is 3.63. The van der Waals surface area contributed by atoms with Crippen molar-refractivity contribution in [3.05, 3.63) is 71.5 Å². The zero-order valence-electron chi connectivity index (χ0n) is 12.1. The van der Waals surface area contributed by atoms with E-state index in [1.54, 1.807) is 11.3 Å². The van der Waals surface area contributed by atoms with Crippen LogP contribution in [-0.4, -0.2) is 19.8 Å². The van der Waals surface area contributed by atoms with Gasteiger partial charge >= 0.3 is 0 Å². The fourth-order valence-corrected chi connectivity index (χ4v) is 3.31. The molecule has 4 aromatic rings. The molecule has 0 aliphatic heterocycles. The Morgan fingerprint density at radius 3 is 2.55 bits per heavy atom. The normalized spacial score (nSPS) is 11.1. The number of aryl methyl sites for hydroxylation is 1. The molecular weight excluding hydrogens is 292 g/mol. The second-order valence-electron chi connectivity index (χ2n) is 5.19. The smallest absolute Gasteiger partial charge is 0.187 e. The lowest BCUT2D eigenvalue weighted by Crippen LogP contribution is -1.99. The molecule has 0 radical (unpaired) electrons. The number of hydrogen-bond acceptors (Lipinski definition) is 4. The molecule has 5 heteroatoms. The number of nitrogens with zero attached hydrogens (tertiary/aromatic N) is 4.